The highest BCUT2D eigenvalue weighted by atomic mass is 19.4. The fraction of sp³-hybridized carbons (Fsp3) is 0.400. The topological polar surface area (TPSA) is 26.0 Å². The van der Waals surface area contributed by atoms with E-state index in [9.17, 15) is 22.0 Å². The number of hydrogen-bond donors (Lipinski definition) is 1. The van der Waals surface area contributed by atoms with E-state index in [4.69, 9.17) is 5.73 Å². The van der Waals surface area contributed by atoms with Crippen LogP contribution in [0.25, 0.3) is 0 Å². The quantitative estimate of drug-likeness (QED) is 0.747. The molecule has 1 saturated carbocycles. The molecular weight excluding hydrogens is 229 g/mol. The standard InChI is InChI=1S/C10H8F5N/c11-9(12)5-8(9,16)6-1-3-7(4-2-6)10(13,14)15/h1-4H,5,16H2. The Bertz CT molecular complexity index is 408. The number of alkyl halides is 5. The van der Waals surface area contributed by atoms with E-state index in [1.165, 1.54) is 0 Å². The highest BCUT2D eigenvalue weighted by Crippen LogP contribution is 2.57. The summed E-state index contributed by atoms with van der Waals surface area (Å²) in [5.74, 6) is -3.02. The number of halogens is 5. The van der Waals surface area contributed by atoms with Gasteiger partial charge in [-0.1, -0.05) is 12.1 Å². The molecule has 0 spiro atoms. The number of nitrogens with two attached hydrogens (primary N) is 1. The van der Waals surface area contributed by atoms with Crippen LogP contribution in [0.3, 0.4) is 0 Å². The molecule has 1 unspecified atom stereocenters. The highest BCUT2D eigenvalue weighted by molar-refractivity contribution is 5.37. The fourth-order valence-corrected chi connectivity index (χ4v) is 1.58. The summed E-state index contributed by atoms with van der Waals surface area (Å²) >= 11 is 0. The third-order valence-corrected chi connectivity index (χ3v) is 2.76. The summed E-state index contributed by atoms with van der Waals surface area (Å²) in [5.41, 5.74) is 2.74. The van der Waals surface area contributed by atoms with Crippen molar-refractivity contribution in [2.45, 2.75) is 24.1 Å². The van der Waals surface area contributed by atoms with Crippen molar-refractivity contribution in [3.05, 3.63) is 35.4 Å². The minimum atomic E-state index is -4.47. The molecule has 0 heterocycles. The van der Waals surface area contributed by atoms with Crippen LogP contribution in [0.15, 0.2) is 24.3 Å². The first-order chi connectivity index (χ1) is 7.17. The highest BCUT2D eigenvalue weighted by Gasteiger charge is 2.69. The number of benzene rings is 1. The molecule has 0 amide bonds. The van der Waals surface area contributed by atoms with E-state index < -0.39 is 29.6 Å². The van der Waals surface area contributed by atoms with Crippen LogP contribution in [0.2, 0.25) is 0 Å². The predicted molar refractivity (Wildman–Crippen MR) is 46.9 cm³/mol. The van der Waals surface area contributed by atoms with Gasteiger partial charge in [0.05, 0.1) is 5.56 Å². The summed E-state index contributed by atoms with van der Waals surface area (Å²) in [6.45, 7) is 0. The smallest absolute Gasteiger partial charge is 0.316 e. The normalized spacial score (nSPS) is 27.9. The molecule has 0 aliphatic heterocycles. The average Bonchev–Trinajstić information content (AvgIpc) is 2.66. The molecule has 0 saturated heterocycles. The van der Waals surface area contributed by atoms with Crippen molar-refractivity contribution in [1.82, 2.24) is 0 Å². The third kappa shape index (κ3) is 1.57. The van der Waals surface area contributed by atoms with Crippen LogP contribution in [-0.4, -0.2) is 5.92 Å². The van der Waals surface area contributed by atoms with Crippen molar-refractivity contribution in [1.29, 1.82) is 0 Å². The molecule has 2 N–H and O–H groups in total. The van der Waals surface area contributed by atoms with Crippen LogP contribution >= 0.6 is 0 Å². The first-order valence-electron chi connectivity index (χ1n) is 4.51. The lowest BCUT2D eigenvalue weighted by molar-refractivity contribution is -0.137. The van der Waals surface area contributed by atoms with E-state index in [1.54, 1.807) is 0 Å². The minimum absolute atomic E-state index is 0.0329. The van der Waals surface area contributed by atoms with Gasteiger partial charge in [0.2, 0.25) is 0 Å². The van der Waals surface area contributed by atoms with E-state index >= 15 is 0 Å². The number of rotatable bonds is 1. The van der Waals surface area contributed by atoms with Gasteiger partial charge >= 0.3 is 6.18 Å². The van der Waals surface area contributed by atoms with Gasteiger partial charge < -0.3 is 5.73 Å². The summed E-state index contributed by atoms with van der Waals surface area (Å²) in [7, 11) is 0. The SMILES string of the molecule is NC1(c2ccc(C(F)(F)F)cc2)CC1(F)F. The Morgan fingerprint density at radius 3 is 1.81 bits per heavy atom. The van der Waals surface area contributed by atoms with Crippen molar-refractivity contribution < 1.29 is 22.0 Å². The summed E-state index contributed by atoms with van der Waals surface area (Å²) < 4.78 is 62.3. The van der Waals surface area contributed by atoms with Crippen LogP contribution in [0.5, 0.6) is 0 Å². The maximum atomic E-state index is 12.9. The lowest BCUT2D eigenvalue weighted by Gasteiger charge is -2.12. The second kappa shape index (κ2) is 2.94. The van der Waals surface area contributed by atoms with Crippen molar-refractivity contribution in [2.24, 2.45) is 5.73 Å². The predicted octanol–water partition coefficient (Wildman–Crippen LogP) is 2.90. The Morgan fingerprint density at radius 1 is 1.06 bits per heavy atom. The lowest BCUT2D eigenvalue weighted by atomic mass is 10.0. The van der Waals surface area contributed by atoms with Gasteiger partial charge in [0.25, 0.3) is 5.92 Å². The molecule has 1 aliphatic carbocycles. The first-order valence-corrected chi connectivity index (χ1v) is 4.51. The Balaban J connectivity index is 2.28. The Morgan fingerprint density at radius 2 is 1.50 bits per heavy atom. The molecule has 1 fully saturated rings. The molecule has 1 atom stereocenters. The van der Waals surface area contributed by atoms with Gasteiger partial charge in [0, 0.05) is 6.42 Å². The van der Waals surface area contributed by atoms with E-state index in [2.05, 4.69) is 0 Å². The van der Waals surface area contributed by atoms with E-state index in [0.29, 0.717) is 0 Å². The van der Waals surface area contributed by atoms with Crippen LogP contribution in [0.1, 0.15) is 17.5 Å². The maximum absolute atomic E-state index is 12.9. The van der Waals surface area contributed by atoms with Crippen LogP contribution < -0.4 is 5.73 Å². The van der Waals surface area contributed by atoms with Gasteiger partial charge in [-0.15, -0.1) is 0 Å². The van der Waals surface area contributed by atoms with Gasteiger partial charge in [-0.2, -0.15) is 13.2 Å². The van der Waals surface area contributed by atoms with Crippen LogP contribution in [-0.2, 0) is 11.7 Å². The fourth-order valence-electron chi connectivity index (χ4n) is 1.58. The van der Waals surface area contributed by atoms with E-state index in [1.807, 2.05) is 0 Å². The summed E-state index contributed by atoms with van der Waals surface area (Å²) in [4.78, 5) is 0. The third-order valence-electron chi connectivity index (χ3n) is 2.76. The summed E-state index contributed by atoms with van der Waals surface area (Å²) in [6.07, 6.45) is -4.99. The molecule has 16 heavy (non-hydrogen) atoms. The largest absolute Gasteiger partial charge is 0.416 e. The van der Waals surface area contributed by atoms with Gasteiger partial charge in [0.15, 0.2) is 0 Å². The van der Waals surface area contributed by atoms with Gasteiger partial charge in [-0.25, -0.2) is 8.78 Å². The average molecular weight is 237 g/mol. The zero-order chi connectivity index (χ0) is 12.2. The van der Waals surface area contributed by atoms with E-state index in [0.717, 1.165) is 24.3 Å². The van der Waals surface area contributed by atoms with Crippen molar-refractivity contribution >= 4 is 0 Å². The molecule has 2 rings (SSSR count). The Labute approximate surface area is 88.1 Å². The van der Waals surface area contributed by atoms with Crippen LogP contribution in [0.4, 0.5) is 22.0 Å². The van der Waals surface area contributed by atoms with Crippen molar-refractivity contribution in [2.75, 3.05) is 0 Å². The Hall–Kier alpha value is -1.17. The molecule has 1 nitrogen and oxygen atoms in total. The molecular formula is C10H8F5N. The maximum Gasteiger partial charge on any atom is 0.416 e. The van der Waals surface area contributed by atoms with E-state index in [-0.39, 0.29) is 5.56 Å². The first kappa shape index (κ1) is 11.3. The Kier molecular flexibility index (Phi) is 2.08. The molecule has 0 radical (unpaired) electrons. The van der Waals surface area contributed by atoms with Gasteiger partial charge in [-0.05, 0) is 17.7 Å². The second-order valence-electron chi connectivity index (χ2n) is 3.93. The molecule has 1 aromatic carbocycles. The zero-order valence-corrected chi connectivity index (χ0v) is 7.98. The zero-order valence-electron chi connectivity index (χ0n) is 7.98. The molecule has 6 heteroatoms. The minimum Gasteiger partial charge on any atom is -0.316 e. The molecule has 1 aromatic rings. The van der Waals surface area contributed by atoms with Crippen molar-refractivity contribution in [3.63, 3.8) is 0 Å². The molecule has 0 aromatic heterocycles. The molecule has 88 valence electrons. The number of hydrogen-bond acceptors (Lipinski definition) is 1. The molecule has 0 bridgehead atoms. The van der Waals surface area contributed by atoms with Crippen LogP contribution in [0, 0.1) is 0 Å². The van der Waals surface area contributed by atoms with Crippen molar-refractivity contribution in [3.8, 4) is 0 Å². The van der Waals surface area contributed by atoms with Gasteiger partial charge in [-0.3, -0.25) is 0 Å². The molecule has 1 aliphatic rings. The lowest BCUT2D eigenvalue weighted by Crippen LogP contribution is -2.27. The monoisotopic (exact) mass is 237 g/mol. The van der Waals surface area contributed by atoms with Gasteiger partial charge in [0.1, 0.15) is 5.54 Å². The summed E-state index contributed by atoms with van der Waals surface area (Å²) in [6, 6.07) is 3.53. The second-order valence-corrected chi connectivity index (χ2v) is 3.93. The summed E-state index contributed by atoms with van der Waals surface area (Å²) in [5, 5.41) is 0.